The third-order valence-corrected chi connectivity index (χ3v) is 3.06. The van der Waals surface area contributed by atoms with E-state index >= 15 is 0 Å². The number of benzene rings is 1. The van der Waals surface area contributed by atoms with Crippen LogP contribution in [0.4, 0.5) is 5.69 Å². The Labute approximate surface area is 121 Å². The quantitative estimate of drug-likeness (QED) is 0.863. The molecule has 1 aromatic carbocycles. The van der Waals surface area contributed by atoms with Gasteiger partial charge in [-0.2, -0.15) is 5.26 Å². The van der Waals surface area contributed by atoms with Crippen LogP contribution in [0.5, 0.6) is 0 Å². The highest BCUT2D eigenvalue weighted by Crippen LogP contribution is 2.24. The smallest absolute Gasteiger partial charge is 0.323 e. The van der Waals surface area contributed by atoms with Crippen LogP contribution in [0.3, 0.4) is 0 Å². The zero-order chi connectivity index (χ0) is 14.4. The summed E-state index contributed by atoms with van der Waals surface area (Å²) in [6, 6.07) is 7.33. The Morgan fingerprint density at radius 2 is 2.11 bits per heavy atom. The van der Waals surface area contributed by atoms with Crippen LogP contribution in [-0.2, 0) is 4.79 Å². The molecule has 1 rings (SSSR count). The number of rotatable bonds is 6. The normalized spacial score (nSPS) is 10.3. The summed E-state index contributed by atoms with van der Waals surface area (Å²) in [4.78, 5) is 14.6. The molecular weight excluding hydrogens is 310 g/mol. The van der Waals surface area contributed by atoms with Gasteiger partial charge in [-0.15, -0.1) is 0 Å². The van der Waals surface area contributed by atoms with Gasteiger partial charge in [0.15, 0.2) is 0 Å². The average Bonchev–Trinajstić information content (AvgIpc) is 2.33. The lowest BCUT2D eigenvalue weighted by molar-refractivity contribution is -0.135. The molecule has 0 bridgehead atoms. The molecule has 0 fully saturated rings. The Morgan fingerprint density at radius 1 is 1.42 bits per heavy atom. The van der Waals surface area contributed by atoms with Crippen molar-refractivity contribution in [2.75, 3.05) is 38.6 Å². The number of hydrogen-bond donors (Lipinski definition) is 1. The van der Waals surface area contributed by atoms with Crippen molar-refractivity contribution in [2.24, 2.45) is 0 Å². The van der Waals surface area contributed by atoms with Crippen molar-refractivity contribution in [3.8, 4) is 6.07 Å². The summed E-state index contributed by atoms with van der Waals surface area (Å²) >= 11 is 3.35. The van der Waals surface area contributed by atoms with Crippen molar-refractivity contribution in [2.45, 2.75) is 0 Å². The molecule has 0 aromatic heterocycles. The van der Waals surface area contributed by atoms with Gasteiger partial charge >= 0.3 is 5.97 Å². The Morgan fingerprint density at radius 3 is 2.63 bits per heavy atom. The van der Waals surface area contributed by atoms with Crippen molar-refractivity contribution in [3.63, 3.8) is 0 Å². The molecule has 0 saturated heterocycles. The highest BCUT2D eigenvalue weighted by Gasteiger charge is 2.15. The number of carboxylic acids is 1. The zero-order valence-corrected chi connectivity index (χ0v) is 12.5. The van der Waals surface area contributed by atoms with E-state index in [0.717, 1.165) is 4.47 Å². The molecule has 0 aliphatic carbocycles. The molecule has 0 saturated carbocycles. The van der Waals surface area contributed by atoms with Gasteiger partial charge in [-0.1, -0.05) is 15.9 Å². The highest BCUT2D eigenvalue weighted by atomic mass is 79.9. The van der Waals surface area contributed by atoms with E-state index in [9.17, 15) is 4.79 Å². The molecule has 0 heterocycles. The topological polar surface area (TPSA) is 67.6 Å². The van der Waals surface area contributed by atoms with Gasteiger partial charge in [0, 0.05) is 17.6 Å². The lowest BCUT2D eigenvalue weighted by Gasteiger charge is -2.25. The van der Waals surface area contributed by atoms with Gasteiger partial charge in [0.1, 0.15) is 12.6 Å². The standard InChI is InChI=1S/C13H16BrN3O2/c1-16(2)5-6-17(9-13(18)19)12-7-11(14)4-3-10(12)8-15/h3-4,7H,5-6,9H2,1-2H3,(H,18,19). The summed E-state index contributed by atoms with van der Waals surface area (Å²) in [7, 11) is 3.84. The number of likely N-dealkylation sites (N-methyl/N-ethyl adjacent to an activating group) is 1. The van der Waals surface area contributed by atoms with Crippen LogP contribution >= 0.6 is 15.9 Å². The monoisotopic (exact) mass is 325 g/mol. The first-order valence-electron chi connectivity index (χ1n) is 5.75. The van der Waals surface area contributed by atoms with Gasteiger partial charge in [-0.3, -0.25) is 4.79 Å². The second-order valence-electron chi connectivity index (χ2n) is 4.39. The molecule has 0 aliphatic heterocycles. The van der Waals surface area contributed by atoms with Crippen LogP contribution in [0, 0.1) is 11.3 Å². The van der Waals surface area contributed by atoms with Crippen LogP contribution in [0.15, 0.2) is 22.7 Å². The minimum absolute atomic E-state index is 0.126. The number of carbonyl (C=O) groups is 1. The van der Waals surface area contributed by atoms with Gasteiger partial charge < -0.3 is 14.9 Å². The SMILES string of the molecule is CN(C)CCN(CC(=O)O)c1cc(Br)ccc1C#N. The molecule has 0 amide bonds. The van der Waals surface area contributed by atoms with E-state index in [1.807, 2.05) is 19.0 Å². The maximum Gasteiger partial charge on any atom is 0.323 e. The third kappa shape index (κ3) is 4.89. The Bertz CT molecular complexity index is 497. The van der Waals surface area contributed by atoms with Crippen LogP contribution in [0.25, 0.3) is 0 Å². The summed E-state index contributed by atoms with van der Waals surface area (Å²) < 4.78 is 0.821. The first-order valence-corrected chi connectivity index (χ1v) is 6.54. The first-order chi connectivity index (χ1) is 8.93. The molecule has 0 atom stereocenters. The largest absolute Gasteiger partial charge is 0.480 e. The predicted molar refractivity (Wildman–Crippen MR) is 77.3 cm³/mol. The molecule has 0 unspecified atom stereocenters. The predicted octanol–water partition coefficient (Wildman–Crippen LogP) is 1.77. The molecular formula is C13H16BrN3O2. The molecule has 102 valence electrons. The summed E-state index contributed by atoms with van der Waals surface area (Å²) in [6.07, 6.45) is 0. The second-order valence-corrected chi connectivity index (χ2v) is 5.31. The Hall–Kier alpha value is -1.58. The number of nitrogens with zero attached hydrogens (tertiary/aromatic N) is 3. The van der Waals surface area contributed by atoms with Gasteiger partial charge in [0.25, 0.3) is 0 Å². The number of aliphatic carboxylic acids is 1. The summed E-state index contributed by atoms with van der Waals surface area (Å²) in [5.74, 6) is -0.914. The van der Waals surface area contributed by atoms with E-state index in [0.29, 0.717) is 24.3 Å². The minimum Gasteiger partial charge on any atom is -0.480 e. The van der Waals surface area contributed by atoms with E-state index in [1.54, 1.807) is 23.1 Å². The maximum atomic E-state index is 11.0. The van der Waals surface area contributed by atoms with Gasteiger partial charge in [0.2, 0.25) is 0 Å². The van der Waals surface area contributed by atoms with Crippen LogP contribution < -0.4 is 4.90 Å². The Balaban J connectivity index is 3.05. The van der Waals surface area contributed by atoms with E-state index in [1.165, 1.54) is 0 Å². The van der Waals surface area contributed by atoms with Gasteiger partial charge in [-0.05, 0) is 32.3 Å². The van der Waals surface area contributed by atoms with Crippen LogP contribution in [0.1, 0.15) is 5.56 Å². The maximum absolute atomic E-state index is 11.0. The summed E-state index contributed by atoms with van der Waals surface area (Å²) in [5, 5.41) is 18.1. The molecule has 0 aliphatic rings. The number of anilines is 1. The Kier molecular flexibility index (Phi) is 5.80. The van der Waals surface area contributed by atoms with E-state index in [4.69, 9.17) is 10.4 Å². The van der Waals surface area contributed by atoms with Crippen LogP contribution in [-0.4, -0.2) is 49.7 Å². The lowest BCUT2D eigenvalue weighted by atomic mass is 10.1. The van der Waals surface area contributed by atoms with Crippen molar-refractivity contribution in [1.29, 1.82) is 5.26 Å². The average molecular weight is 326 g/mol. The summed E-state index contributed by atoms with van der Waals surface area (Å²) in [6.45, 7) is 1.13. The molecule has 1 N–H and O–H groups in total. The number of hydrogen-bond acceptors (Lipinski definition) is 4. The molecule has 0 radical (unpaired) electrons. The van der Waals surface area contributed by atoms with Crippen molar-refractivity contribution in [1.82, 2.24) is 4.90 Å². The molecule has 6 heteroatoms. The van der Waals surface area contributed by atoms with E-state index < -0.39 is 5.97 Å². The molecule has 1 aromatic rings. The molecule has 19 heavy (non-hydrogen) atoms. The van der Waals surface area contributed by atoms with Crippen molar-refractivity contribution < 1.29 is 9.90 Å². The highest BCUT2D eigenvalue weighted by molar-refractivity contribution is 9.10. The van der Waals surface area contributed by atoms with E-state index in [-0.39, 0.29) is 6.54 Å². The molecule has 5 nitrogen and oxygen atoms in total. The number of nitriles is 1. The van der Waals surface area contributed by atoms with Gasteiger partial charge in [-0.25, -0.2) is 0 Å². The molecule has 0 spiro atoms. The zero-order valence-electron chi connectivity index (χ0n) is 10.9. The van der Waals surface area contributed by atoms with Gasteiger partial charge in [0.05, 0.1) is 11.3 Å². The van der Waals surface area contributed by atoms with Crippen molar-refractivity contribution in [3.05, 3.63) is 28.2 Å². The minimum atomic E-state index is -0.914. The van der Waals surface area contributed by atoms with Crippen molar-refractivity contribution >= 4 is 27.6 Å². The fraction of sp³-hybridized carbons (Fsp3) is 0.385. The van der Waals surface area contributed by atoms with Crippen LogP contribution in [0.2, 0.25) is 0 Å². The first kappa shape index (κ1) is 15.5. The number of carboxylic acid groups (broad SMARTS) is 1. The number of halogens is 1. The summed E-state index contributed by atoms with van der Waals surface area (Å²) in [5.41, 5.74) is 1.12. The second kappa shape index (κ2) is 7.12. The fourth-order valence-electron chi connectivity index (χ4n) is 1.63. The fourth-order valence-corrected chi connectivity index (χ4v) is 1.98. The van der Waals surface area contributed by atoms with E-state index in [2.05, 4.69) is 22.0 Å². The third-order valence-electron chi connectivity index (χ3n) is 2.56. The lowest BCUT2D eigenvalue weighted by Crippen LogP contribution is -2.36.